The van der Waals surface area contributed by atoms with E-state index < -0.39 is 4.92 Å². The van der Waals surface area contributed by atoms with Crippen LogP contribution < -0.4 is 10.1 Å². The Bertz CT molecular complexity index is 418. The SMILES string of the molecule is COc1ccc(CNC2COC2)cc1[N+](=O)[O-]. The summed E-state index contributed by atoms with van der Waals surface area (Å²) in [6.45, 7) is 2.01. The lowest BCUT2D eigenvalue weighted by Gasteiger charge is -2.26. The zero-order valence-electron chi connectivity index (χ0n) is 9.51. The van der Waals surface area contributed by atoms with Crippen molar-refractivity contribution in [2.24, 2.45) is 0 Å². The first-order valence-corrected chi connectivity index (χ1v) is 5.33. The lowest BCUT2D eigenvalue weighted by molar-refractivity contribution is -0.385. The van der Waals surface area contributed by atoms with Crippen molar-refractivity contribution in [2.45, 2.75) is 12.6 Å². The molecule has 92 valence electrons. The first kappa shape index (κ1) is 11.8. The molecule has 6 heteroatoms. The van der Waals surface area contributed by atoms with E-state index in [1.165, 1.54) is 13.2 Å². The number of methoxy groups -OCH3 is 1. The van der Waals surface area contributed by atoms with Gasteiger partial charge in [0.1, 0.15) is 0 Å². The Balaban J connectivity index is 2.06. The van der Waals surface area contributed by atoms with Crippen LogP contribution in [-0.4, -0.2) is 31.3 Å². The van der Waals surface area contributed by atoms with Gasteiger partial charge in [0.15, 0.2) is 5.75 Å². The van der Waals surface area contributed by atoms with Gasteiger partial charge in [0.05, 0.1) is 31.3 Å². The van der Waals surface area contributed by atoms with E-state index in [1.807, 2.05) is 6.07 Å². The van der Waals surface area contributed by atoms with Gasteiger partial charge in [-0.25, -0.2) is 0 Å². The summed E-state index contributed by atoms with van der Waals surface area (Å²) in [5.41, 5.74) is 0.862. The number of ether oxygens (including phenoxy) is 2. The molecule has 0 radical (unpaired) electrons. The fourth-order valence-corrected chi connectivity index (χ4v) is 1.60. The molecule has 6 nitrogen and oxygen atoms in total. The van der Waals surface area contributed by atoms with E-state index in [1.54, 1.807) is 6.07 Å². The van der Waals surface area contributed by atoms with Crippen molar-refractivity contribution in [1.29, 1.82) is 0 Å². The largest absolute Gasteiger partial charge is 0.490 e. The van der Waals surface area contributed by atoms with Gasteiger partial charge >= 0.3 is 5.69 Å². The maximum atomic E-state index is 10.8. The second-order valence-electron chi connectivity index (χ2n) is 3.88. The zero-order valence-corrected chi connectivity index (χ0v) is 9.51. The van der Waals surface area contributed by atoms with Crippen molar-refractivity contribution in [3.05, 3.63) is 33.9 Å². The number of nitrogens with one attached hydrogen (secondary N) is 1. The first-order valence-electron chi connectivity index (χ1n) is 5.33. The Morgan fingerprint density at radius 1 is 1.59 bits per heavy atom. The summed E-state index contributed by atoms with van der Waals surface area (Å²) in [6, 6.07) is 5.33. The van der Waals surface area contributed by atoms with Crippen molar-refractivity contribution < 1.29 is 14.4 Å². The Morgan fingerprint density at radius 3 is 2.88 bits per heavy atom. The minimum atomic E-state index is -0.436. The smallest absolute Gasteiger partial charge is 0.311 e. The summed E-state index contributed by atoms with van der Waals surface area (Å²) in [4.78, 5) is 10.4. The third-order valence-electron chi connectivity index (χ3n) is 2.67. The molecule has 0 atom stereocenters. The highest BCUT2D eigenvalue weighted by Crippen LogP contribution is 2.27. The van der Waals surface area contributed by atoms with Crippen LogP contribution in [0.1, 0.15) is 5.56 Å². The van der Waals surface area contributed by atoms with Crippen LogP contribution in [0.5, 0.6) is 5.75 Å². The highest BCUT2D eigenvalue weighted by atomic mass is 16.6. The number of hydrogen-bond donors (Lipinski definition) is 1. The topological polar surface area (TPSA) is 73.6 Å². The molecular formula is C11H14N2O4. The van der Waals surface area contributed by atoms with E-state index in [0.29, 0.717) is 25.8 Å². The van der Waals surface area contributed by atoms with Crippen LogP contribution in [0.15, 0.2) is 18.2 Å². The second-order valence-corrected chi connectivity index (χ2v) is 3.88. The van der Waals surface area contributed by atoms with Gasteiger partial charge in [0, 0.05) is 12.6 Å². The molecule has 1 aromatic carbocycles. The summed E-state index contributed by atoms with van der Waals surface area (Å²) in [5.74, 6) is 0.283. The minimum absolute atomic E-state index is 0.00309. The van der Waals surface area contributed by atoms with Crippen molar-refractivity contribution in [2.75, 3.05) is 20.3 Å². The molecule has 0 amide bonds. The molecule has 1 aromatic rings. The first-order chi connectivity index (χ1) is 8.20. The monoisotopic (exact) mass is 238 g/mol. The van der Waals surface area contributed by atoms with Gasteiger partial charge in [-0.3, -0.25) is 10.1 Å². The highest BCUT2D eigenvalue weighted by molar-refractivity contribution is 5.48. The standard InChI is InChI=1S/C11H14N2O4/c1-16-11-3-2-8(4-10(11)13(14)15)5-12-9-6-17-7-9/h2-4,9,12H,5-7H2,1H3. The van der Waals surface area contributed by atoms with E-state index >= 15 is 0 Å². The summed E-state index contributed by atoms with van der Waals surface area (Å²) in [5, 5.41) is 14.1. The lowest BCUT2D eigenvalue weighted by atomic mass is 10.1. The van der Waals surface area contributed by atoms with Crippen molar-refractivity contribution in [3.8, 4) is 5.75 Å². The summed E-state index contributed by atoms with van der Waals surface area (Å²) >= 11 is 0. The van der Waals surface area contributed by atoms with Crippen molar-refractivity contribution in [1.82, 2.24) is 5.32 Å². The van der Waals surface area contributed by atoms with Crippen molar-refractivity contribution in [3.63, 3.8) is 0 Å². The predicted octanol–water partition coefficient (Wildman–Crippen LogP) is 1.09. The van der Waals surface area contributed by atoms with E-state index in [-0.39, 0.29) is 11.4 Å². The van der Waals surface area contributed by atoms with Gasteiger partial charge < -0.3 is 14.8 Å². The molecule has 1 heterocycles. The molecular weight excluding hydrogens is 224 g/mol. The molecule has 0 bridgehead atoms. The third-order valence-corrected chi connectivity index (χ3v) is 2.67. The molecule has 0 unspecified atom stereocenters. The van der Waals surface area contributed by atoms with Crippen LogP contribution in [0, 0.1) is 10.1 Å². The fraction of sp³-hybridized carbons (Fsp3) is 0.455. The van der Waals surface area contributed by atoms with Gasteiger partial charge in [-0.15, -0.1) is 0 Å². The molecule has 1 N–H and O–H groups in total. The van der Waals surface area contributed by atoms with Gasteiger partial charge in [-0.1, -0.05) is 6.07 Å². The van der Waals surface area contributed by atoms with Crippen LogP contribution in [-0.2, 0) is 11.3 Å². The predicted molar refractivity (Wildman–Crippen MR) is 61.1 cm³/mol. The zero-order chi connectivity index (χ0) is 12.3. The Morgan fingerprint density at radius 2 is 2.35 bits per heavy atom. The molecule has 2 rings (SSSR count). The van der Waals surface area contributed by atoms with Crippen LogP contribution in [0.2, 0.25) is 0 Å². The maximum absolute atomic E-state index is 10.8. The summed E-state index contributed by atoms with van der Waals surface area (Å²) < 4.78 is 9.97. The van der Waals surface area contributed by atoms with Gasteiger partial charge in [-0.2, -0.15) is 0 Å². The maximum Gasteiger partial charge on any atom is 0.311 e. The number of nitro benzene ring substituents is 1. The van der Waals surface area contributed by atoms with E-state index in [9.17, 15) is 10.1 Å². The molecule has 0 aliphatic carbocycles. The van der Waals surface area contributed by atoms with Gasteiger partial charge in [-0.05, 0) is 11.6 Å². The molecule has 1 aliphatic rings. The average molecular weight is 238 g/mol. The summed E-state index contributed by atoms with van der Waals surface area (Å²) in [6.07, 6.45) is 0. The quantitative estimate of drug-likeness (QED) is 0.614. The summed E-state index contributed by atoms with van der Waals surface area (Å²) in [7, 11) is 1.42. The molecule has 0 aromatic heterocycles. The molecule has 0 spiro atoms. The third kappa shape index (κ3) is 2.72. The van der Waals surface area contributed by atoms with Crippen LogP contribution in [0.25, 0.3) is 0 Å². The van der Waals surface area contributed by atoms with E-state index in [0.717, 1.165) is 5.56 Å². The highest BCUT2D eigenvalue weighted by Gasteiger charge is 2.19. The number of nitrogens with zero attached hydrogens (tertiary/aromatic N) is 1. The van der Waals surface area contributed by atoms with Crippen LogP contribution >= 0.6 is 0 Å². The van der Waals surface area contributed by atoms with Gasteiger partial charge in [0.2, 0.25) is 0 Å². The van der Waals surface area contributed by atoms with E-state index in [4.69, 9.17) is 9.47 Å². The number of nitro groups is 1. The Kier molecular flexibility index (Phi) is 3.55. The lowest BCUT2D eigenvalue weighted by Crippen LogP contribution is -2.45. The number of rotatable bonds is 5. The van der Waals surface area contributed by atoms with Crippen LogP contribution in [0.3, 0.4) is 0 Å². The average Bonchev–Trinajstić information content (AvgIpc) is 2.26. The minimum Gasteiger partial charge on any atom is -0.490 e. The Labute approximate surface area is 98.7 Å². The van der Waals surface area contributed by atoms with Crippen LogP contribution in [0.4, 0.5) is 5.69 Å². The van der Waals surface area contributed by atoms with Gasteiger partial charge in [0.25, 0.3) is 0 Å². The fourth-order valence-electron chi connectivity index (χ4n) is 1.60. The molecule has 1 aliphatic heterocycles. The molecule has 1 fully saturated rings. The van der Waals surface area contributed by atoms with E-state index in [2.05, 4.69) is 5.32 Å². The molecule has 1 saturated heterocycles. The number of benzene rings is 1. The normalized spacial score (nSPS) is 15.4. The Hall–Kier alpha value is -1.66. The molecule has 17 heavy (non-hydrogen) atoms. The van der Waals surface area contributed by atoms with Crippen molar-refractivity contribution >= 4 is 5.69 Å². The number of hydrogen-bond acceptors (Lipinski definition) is 5. The second kappa shape index (κ2) is 5.11. The molecule has 0 saturated carbocycles.